The highest BCUT2D eigenvalue weighted by Gasteiger charge is 2.25. The summed E-state index contributed by atoms with van der Waals surface area (Å²) in [6.07, 6.45) is 2.31. The smallest absolute Gasteiger partial charge is 0.0666 e. The van der Waals surface area contributed by atoms with Crippen LogP contribution < -0.4 is 5.32 Å². The van der Waals surface area contributed by atoms with Crippen molar-refractivity contribution in [3.8, 4) is 0 Å². The Morgan fingerprint density at radius 1 is 1.23 bits per heavy atom. The number of hydrogen-bond donors (Lipinski definition) is 2. The van der Waals surface area contributed by atoms with Gasteiger partial charge in [0, 0.05) is 19.6 Å². The Bertz CT molecular complexity index is 152. The number of nitrogens with one attached hydrogen (secondary N) is 1. The monoisotopic (exact) mass is 186 g/mol. The minimum absolute atomic E-state index is 0.141. The normalized spacial score (nSPS) is 37.6. The summed E-state index contributed by atoms with van der Waals surface area (Å²) in [6.45, 7) is 4.48. The molecule has 2 fully saturated rings. The molecule has 76 valence electrons. The number of aliphatic hydroxyl groups is 1. The molecule has 0 aromatic carbocycles. The number of aliphatic hydroxyl groups excluding tert-OH is 1. The van der Waals surface area contributed by atoms with Crippen LogP contribution in [0.25, 0.3) is 0 Å². The van der Waals surface area contributed by atoms with Crippen LogP contribution in [-0.2, 0) is 4.74 Å². The first kappa shape index (κ1) is 9.40. The third kappa shape index (κ3) is 2.40. The molecule has 2 aliphatic rings. The quantitative estimate of drug-likeness (QED) is 0.573. The van der Waals surface area contributed by atoms with Gasteiger partial charge in [-0.1, -0.05) is 0 Å². The largest absolute Gasteiger partial charge is 0.392 e. The molecule has 2 heterocycles. The molecule has 0 bridgehead atoms. The minimum atomic E-state index is -0.141. The first-order valence-electron chi connectivity index (χ1n) is 5.09. The van der Waals surface area contributed by atoms with Crippen molar-refractivity contribution in [2.45, 2.75) is 25.1 Å². The van der Waals surface area contributed by atoms with Crippen molar-refractivity contribution in [3.05, 3.63) is 0 Å². The predicted octanol–water partition coefficient (Wildman–Crippen LogP) is -0.611. The van der Waals surface area contributed by atoms with E-state index in [1.807, 2.05) is 0 Å². The Hall–Kier alpha value is -0.160. The lowest BCUT2D eigenvalue weighted by Crippen LogP contribution is -2.54. The first-order chi connectivity index (χ1) is 6.36. The summed E-state index contributed by atoms with van der Waals surface area (Å²) in [7, 11) is 0. The fourth-order valence-corrected chi connectivity index (χ4v) is 2.03. The molecule has 0 aliphatic carbocycles. The van der Waals surface area contributed by atoms with Gasteiger partial charge in [-0.25, -0.2) is 0 Å². The van der Waals surface area contributed by atoms with E-state index >= 15 is 0 Å². The second-order valence-corrected chi connectivity index (χ2v) is 3.80. The average molecular weight is 186 g/mol. The van der Waals surface area contributed by atoms with Crippen molar-refractivity contribution in [1.82, 2.24) is 10.2 Å². The third-order valence-corrected chi connectivity index (χ3v) is 2.85. The summed E-state index contributed by atoms with van der Waals surface area (Å²) < 4.78 is 5.29. The molecule has 13 heavy (non-hydrogen) atoms. The van der Waals surface area contributed by atoms with Crippen LogP contribution in [0.5, 0.6) is 0 Å². The standard InChI is InChI=1S/C9H18N2O2/c12-8-1-2-9(10-7-8)11-3-5-13-6-4-11/h8-10,12H,1-7H2. The summed E-state index contributed by atoms with van der Waals surface area (Å²) in [4.78, 5) is 2.41. The van der Waals surface area contributed by atoms with Crippen LogP contribution in [0.1, 0.15) is 12.8 Å². The van der Waals surface area contributed by atoms with E-state index < -0.39 is 0 Å². The fraction of sp³-hybridized carbons (Fsp3) is 1.00. The topological polar surface area (TPSA) is 44.7 Å². The van der Waals surface area contributed by atoms with Crippen LogP contribution >= 0.6 is 0 Å². The van der Waals surface area contributed by atoms with Crippen LogP contribution in [0.3, 0.4) is 0 Å². The number of nitrogens with zero attached hydrogens (tertiary/aromatic N) is 1. The van der Waals surface area contributed by atoms with Gasteiger partial charge in [0.15, 0.2) is 0 Å². The van der Waals surface area contributed by atoms with Gasteiger partial charge < -0.3 is 9.84 Å². The summed E-state index contributed by atoms with van der Waals surface area (Å²) >= 11 is 0. The van der Waals surface area contributed by atoms with Gasteiger partial charge in [0.2, 0.25) is 0 Å². The molecule has 4 nitrogen and oxygen atoms in total. The van der Waals surface area contributed by atoms with Gasteiger partial charge in [0.25, 0.3) is 0 Å². The summed E-state index contributed by atoms with van der Waals surface area (Å²) in [5, 5.41) is 12.7. The zero-order valence-corrected chi connectivity index (χ0v) is 7.91. The van der Waals surface area contributed by atoms with Crippen LogP contribution in [0, 0.1) is 0 Å². The molecular weight excluding hydrogens is 168 g/mol. The molecule has 0 spiro atoms. The van der Waals surface area contributed by atoms with Crippen LogP contribution in [0.2, 0.25) is 0 Å². The van der Waals surface area contributed by atoms with Gasteiger partial charge >= 0.3 is 0 Å². The van der Waals surface area contributed by atoms with Crippen LogP contribution in [0.15, 0.2) is 0 Å². The molecule has 4 heteroatoms. The number of rotatable bonds is 1. The van der Waals surface area contributed by atoms with Gasteiger partial charge in [-0.05, 0) is 12.8 Å². The van der Waals surface area contributed by atoms with Crippen molar-refractivity contribution in [3.63, 3.8) is 0 Å². The van der Waals surface area contributed by atoms with E-state index in [-0.39, 0.29) is 6.10 Å². The van der Waals surface area contributed by atoms with E-state index in [0.29, 0.717) is 6.17 Å². The lowest BCUT2D eigenvalue weighted by atomic mass is 10.1. The maximum Gasteiger partial charge on any atom is 0.0666 e. The van der Waals surface area contributed by atoms with Crippen LogP contribution in [0.4, 0.5) is 0 Å². The third-order valence-electron chi connectivity index (χ3n) is 2.85. The molecule has 2 unspecified atom stereocenters. The fourth-order valence-electron chi connectivity index (χ4n) is 2.03. The molecule has 2 aliphatic heterocycles. The number of β-amino-alcohol motifs (C(OH)–C–C–N with tert-alkyl or cyclic N) is 1. The molecule has 0 radical (unpaired) electrons. The zero-order chi connectivity index (χ0) is 9.10. The van der Waals surface area contributed by atoms with Gasteiger partial charge in [-0.3, -0.25) is 10.2 Å². The van der Waals surface area contributed by atoms with E-state index in [4.69, 9.17) is 4.74 Å². The summed E-state index contributed by atoms with van der Waals surface area (Å²) in [5.74, 6) is 0. The number of hydrogen-bond acceptors (Lipinski definition) is 4. The predicted molar refractivity (Wildman–Crippen MR) is 49.4 cm³/mol. The van der Waals surface area contributed by atoms with E-state index in [9.17, 15) is 5.11 Å². The lowest BCUT2D eigenvalue weighted by Gasteiger charge is -2.38. The summed E-state index contributed by atoms with van der Waals surface area (Å²) in [6, 6.07) is 0. The Balaban J connectivity index is 1.79. The molecule has 2 atom stereocenters. The zero-order valence-electron chi connectivity index (χ0n) is 7.91. The number of morpholine rings is 1. The first-order valence-corrected chi connectivity index (χ1v) is 5.09. The van der Waals surface area contributed by atoms with Crippen molar-refractivity contribution >= 4 is 0 Å². The minimum Gasteiger partial charge on any atom is -0.392 e. The maximum absolute atomic E-state index is 9.32. The van der Waals surface area contributed by atoms with E-state index in [1.54, 1.807) is 0 Å². The lowest BCUT2D eigenvalue weighted by molar-refractivity contribution is -0.00983. The van der Waals surface area contributed by atoms with Gasteiger partial charge in [0.05, 0.1) is 25.5 Å². The number of ether oxygens (including phenoxy) is 1. The van der Waals surface area contributed by atoms with E-state index in [1.165, 1.54) is 0 Å². The number of piperidine rings is 1. The molecule has 2 saturated heterocycles. The maximum atomic E-state index is 9.32. The Labute approximate surface area is 78.9 Å². The molecular formula is C9H18N2O2. The van der Waals surface area contributed by atoms with Crippen molar-refractivity contribution in [1.29, 1.82) is 0 Å². The Morgan fingerprint density at radius 2 is 2.00 bits per heavy atom. The molecule has 2 N–H and O–H groups in total. The van der Waals surface area contributed by atoms with Gasteiger partial charge in [-0.15, -0.1) is 0 Å². The van der Waals surface area contributed by atoms with Gasteiger partial charge in [0.1, 0.15) is 0 Å². The van der Waals surface area contributed by atoms with Crippen molar-refractivity contribution in [2.24, 2.45) is 0 Å². The Kier molecular flexibility index (Phi) is 3.16. The van der Waals surface area contributed by atoms with Crippen LogP contribution in [-0.4, -0.2) is 55.1 Å². The average Bonchev–Trinajstić information content (AvgIpc) is 2.20. The molecule has 0 aromatic rings. The van der Waals surface area contributed by atoms with Gasteiger partial charge in [-0.2, -0.15) is 0 Å². The SMILES string of the molecule is OC1CCC(N2CCOCC2)NC1. The van der Waals surface area contributed by atoms with Crippen molar-refractivity contribution in [2.75, 3.05) is 32.8 Å². The molecule has 0 aromatic heterocycles. The summed E-state index contributed by atoms with van der Waals surface area (Å²) in [5.41, 5.74) is 0. The highest BCUT2D eigenvalue weighted by Crippen LogP contribution is 2.13. The highest BCUT2D eigenvalue weighted by molar-refractivity contribution is 4.79. The molecule has 0 amide bonds. The second kappa shape index (κ2) is 4.37. The molecule has 2 rings (SSSR count). The van der Waals surface area contributed by atoms with E-state index in [2.05, 4.69) is 10.2 Å². The Morgan fingerprint density at radius 3 is 2.62 bits per heavy atom. The van der Waals surface area contributed by atoms with Crippen molar-refractivity contribution < 1.29 is 9.84 Å². The second-order valence-electron chi connectivity index (χ2n) is 3.80. The van der Waals surface area contributed by atoms with E-state index in [0.717, 1.165) is 45.7 Å². The highest BCUT2D eigenvalue weighted by atomic mass is 16.5. The molecule has 0 saturated carbocycles.